The van der Waals surface area contributed by atoms with Crippen molar-refractivity contribution in [1.82, 2.24) is 19.9 Å². The van der Waals surface area contributed by atoms with E-state index in [9.17, 15) is 4.79 Å². The highest BCUT2D eigenvalue weighted by molar-refractivity contribution is 6.10. The van der Waals surface area contributed by atoms with Gasteiger partial charge in [0.15, 0.2) is 5.65 Å². The number of methoxy groups -OCH3 is 1. The highest BCUT2D eigenvalue weighted by atomic mass is 16.5. The van der Waals surface area contributed by atoms with Crippen molar-refractivity contribution in [3.05, 3.63) is 95.6 Å². The Morgan fingerprint density at radius 2 is 1.54 bits per heavy atom. The maximum Gasteiger partial charge on any atom is 0.257 e. The lowest BCUT2D eigenvalue weighted by Crippen LogP contribution is -2.26. The molecule has 0 saturated carbocycles. The van der Waals surface area contributed by atoms with Gasteiger partial charge in [0.1, 0.15) is 22.6 Å². The number of nitrogen functional groups attached to an aromatic ring is 1. The Labute approximate surface area is 203 Å². The summed E-state index contributed by atoms with van der Waals surface area (Å²) in [5.41, 5.74) is 11.9. The van der Waals surface area contributed by atoms with Crippen LogP contribution >= 0.6 is 0 Å². The summed E-state index contributed by atoms with van der Waals surface area (Å²) in [6.45, 7) is 1.07. The Kier molecular flexibility index (Phi) is 6.30. The molecule has 2 heterocycles. The highest BCUT2D eigenvalue weighted by Crippen LogP contribution is 2.28. The van der Waals surface area contributed by atoms with Crippen LogP contribution in [-0.4, -0.2) is 34.1 Å². The number of ether oxygens (including phenoxy) is 1. The second-order valence-corrected chi connectivity index (χ2v) is 8.39. The molecule has 0 aliphatic heterocycles. The van der Waals surface area contributed by atoms with Crippen LogP contribution in [0.4, 0.5) is 5.82 Å². The molecule has 1 amide bonds. The van der Waals surface area contributed by atoms with Gasteiger partial charge in [-0.1, -0.05) is 54.6 Å². The number of aryl methyl sites for hydroxylation is 2. The zero-order chi connectivity index (χ0) is 24.2. The molecule has 0 spiro atoms. The fourth-order valence-electron chi connectivity index (χ4n) is 4.25. The van der Waals surface area contributed by atoms with E-state index in [0.717, 1.165) is 40.8 Å². The Bertz CT molecular complexity index is 1480. The summed E-state index contributed by atoms with van der Waals surface area (Å²) in [6.07, 6.45) is 1.46. The Morgan fingerprint density at radius 3 is 2.26 bits per heavy atom. The van der Waals surface area contributed by atoms with Crippen LogP contribution in [0, 0.1) is 0 Å². The van der Waals surface area contributed by atoms with Gasteiger partial charge in [0, 0.05) is 13.1 Å². The number of nitrogens with two attached hydrogens (primary N) is 1. The molecule has 3 aromatic carbocycles. The lowest BCUT2D eigenvalue weighted by atomic mass is 10.1. The van der Waals surface area contributed by atoms with Crippen LogP contribution in [0.3, 0.4) is 0 Å². The molecule has 0 bridgehead atoms. The third-order valence-electron chi connectivity index (χ3n) is 6.14. The molecule has 0 saturated heterocycles. The van der Waals surface area contributed by atoms with Crippen molar-refractivity contribution in [3.8, 4) is 5.75 Å². The van der Waals surface area contributed by atoms with E-state index < -0.39 is 0 Å². The van der Waals surface area contributed by atoms with Crippen molar-refractivity contribution >= 4 is 33.9 Å². The number of nitrogens with one attached hydrogen (secondary N) is 1. The summed E-state index contributed by atoms with van der Waals surface area (Å²) in [4.78, 5) is 22.9. The minimum absolute atomic E-state index is 0.240. The molecule has 35 heavy (non-hydrogen) atoms. The molecule has 3 N–H and O–H groups in total. The van der Waals surface area contributed by atoms with Crippen molar-refractivity contribution in [2.75, 3.05) is 19.4 Å². The molecule has 176 valence electrons. The zero-order valence-corrected chi connectivity index (χ0v) is 19.6. The van der Waals surface area contributed by atoms with Crippen molar-refractivity contribution < 1.29 is 9.53 Å². The number of para-hydroxylation sites is 2. The maximum absolute atomic E-state index is 13.3. The van der Waals surface area contributed by atoms with Gasteiger partial charge < -0.3 is 20.4 Å². The van der Waals surface area contributed by atoms with Gasteiger partial charge in [-0.05, 0) is 48.2 Å². The van der Waals surface area contributed by atoms with E-state index in [1.807, 2.05) is 83.4 Å². The van der Waals surface area contributed by atoms with Crippen LogP contribution in [0.1, 0.15) is 21.5 Å². The first-order valence-corrected chi connectivity index (χ1v) is 11.6. The lowest BCUT2D eigenvalue weighted by Gasteiger charge is -2.09. The van der Waals surface area contributed by atoms with Crippen LogP contribution in [0.25, 0.3) is 22.2 Å². The summed E-state index contributed by atoms with van der Waals surface area (Å²) in [5.74, 6) is 0.948. The SMILES string of the molecule is COc1ccc(CCn2c(N)c(C(=O)NCCc3ccccc3)c3nc4ccccc4nc32)cc1. The number of anilines is 1. The van der Waals surface area contributed by atoms with Gasteiger partial charge in [-0.15, -0.1) is 0 Å². The quantitative estimate of drug-likeness (QED) is 0.354. The van der Waals surface area contributed by atoms with E-state index >= 15 is 0 Å². The predicted molar refractivity (Wildman–Crippen MR) is 139 cm³/mol. The van der Waals surface area contributed by atoms with Gasteiger partial charge in [-0.3, -0.25) is 4.79 Å². The van der Waals surface area contributed by atoms with E-state index in [0.29, 0.717) is 35.6 Å². The third kappa shape index (κ3) is 4.66. The molecule has 2 aromatic heterocycles. The number of amides is 1. The van der Waals surface area contributed by atoms with Gasteiger partial charge in [0.25, 0.3) is 5.91 Å². The van der Waals surface area contributed by atoms with Gasteiger partial charge in [-0.2, -0.15) is 0 Å². The van der Waals surface area contributed by atoms with E-state index in [1.54, 1.807) is 7.11 Å². The molecule has 0 atom stereocenters. The molecule has 0 radical (unpaired) electrons. The van der Waals surface area contributed by atoms with Crippen molar-refractivity contribution in [1.29, 1.82) is 0 Å². The van der Waals surface area contributed by atoms with E-state index in [4.69, 9.17) is 20.4 Å². The number of carbonyl (C=O) groups is 1. The summed E-state index contributed by atoms with van der Waals surface area (Å²) in [6, 6.07) is 25.6. The smallest absolute Gasteiger partial charge is 0.257 e. The predicted octanol–water partition coefficient (Wildman–Crippen LogP) is 4.39. The number of hydrogen-bond acceptors (Lipinski definition) is 5. The molecular weight excluding hydrogens is 438 g/mol. The van der Waals surface area contributed by atoms with Gasteiger partial charge in [-0.25, -0.2) is 9.97 Å². The first-order valence-electron chi connectivity index (χ1n) is 11.6. The normalized spacial score (nSPS) is 11.1. The number of benzene rings is 3. The largest absolute Gasteiger partial charge is 0.497 e. The fourth-order valence-corrected chi connectivity index (χ4v) is 4.25. The Balaban J connectivity index is 1.46. The average molecular weight is 466 g/mol. The molecule has 0 aliphatic carbocycles. The first kappa shape index (κ1) is 22.4. The number of nitrogens with zero attached hydrogens (tertiary/aromatic N) is 3. The molecule has 5 rings (SSSR count). The van der Waals surface area contributed by atoms with Crippen LogP contribution < -0.4 is 15.8 Å². The number of carbonyl (C=O) groups excluding carboxylic acids is 1. The molecule has 0 aliphatic rings. The topological polar surface area (TPSA) is 95.1 Å². The fraction of sp³-hybridized carbons (Fsp3) is 0.179. The summed E-state index contributed by atoms with van der Waals surface area (Å²) in [5, 5.41) is 3.01. The summed E-state index contributed by atoms with van der Waals surface area (Å²) in [7, 11) is 1.65. The molecule has 0 fully saturated rings. The molecule has 7 nitrogen and oxygen atoms in total. The zero-order valence-electron chi connectivity index (χ0n) is 19.6. The van der Waals surface area contributed by atoms with Crippen molar-refractivity contribution in [2.24, 2.45) is 0 Å². The second-order valence-electron chi connectivity index (χ2n) is 8.39. The second kappa shape index (κ2) is 9.85. The molecule has 5 aromatic rings. The van der Waals surface area contributed by atoms with Crippen molar-refractivity contribution in [2.45, 2.75) is 19.4 Å². The molecule has 7 heteroatoms. The number of hydrogen-bond donors (Lipinski definition) is 2. The van der Waals surface area contributed by atoms with Crippen LogP contribution in [0.15, 0.2) is 78.9 Å². The van der Waals surface area contributed by atoms with E-state index in [1.165, 1.54) is 0 Å². The Morgan fingerprint density at radius 1 is 0.886 bits per heavy atom. The maximum atomic E-state index is 13.3. The average Bonchev–Trinajstić information content (AvgIpc) is 3.16. The van der Waals surface area contributed by atoms with Crippen LogP contribution in [-0.2, 0) is 19.4 Å². The molecule has 0 unspecified atom stereocenters. The number of rotatable bonds is 8. The number of fused-ring (bicyclic) bond motifs is 2. The van der Waals surface area contributed by atoms with Gasteiger partial charge >= 0.3 is 0 Å². The molecular formula is C28H27N5O2. The lowest BCUT2D eigenvalue weighted by molar-refractivity contribution is 0.0956. The highest BCUT2D eigenvalue weighted by Gasteiger charge is 2.23. The summed E-state index contributed by atoms with van der Waals surface area (Å²) < 4.78 is 7.15. The van der Waals surface area contributed by atoms with E-state index in [-0.39, 0.29) is 5.91 Å². The summed E-state index contributed by atoms with van der Waals surface area (Å²) >= 11 is 0. The van der Waals surface area contributed by atoms with Crippen LogP contribution in [0.2, 0.25) is 0 Å². The number of aromatic nitrogens is 3. The Hall–Kier alpha value is -4.39. The standard InChI is InChI=1S/C28H27N5O2/c1-35-21-13-11-20(12-14-21)16-18-33-26(29)24(28(34)30-17-15-19-7-3-2-4-8-19)25-27(33)32-23-10-6-5-9-22(23)31-25/h2-14H,15-18,29H2,1H3,(H,30,34). The monoisotopic (exact) mass is 465 g/mol. The minimum atomic E-state index is -0.240. The van der Waals surface area contributed by atoms with Crippen molar-refractivity contribution in [3.63, 3.8) is 0 Å². The van der Waals surface area contributed by atoms with E-state index in [2.05, 4.69) is 5.32 Å². The third-order valence-corrected chi connectivity index (χ3v) is 6.14. The van der Waals surface area contributed by atoms with Gasteiger partial charge in [0.2, 0.25) is 0 Å². The minimum Gasteiger partial charge on any atom is -0.497 e. The van der Waals surface area contributed by atoms with Crippen LogP contribution in [0.5, 0.6) is 5.75 Å². The first-order chi connectivity index (χ1) is 17.1. The van der Waals surface area contributed by atoms with Gasteiger partial charge in [0.05, 0.1) is 18.1 Å².